The molecular weight excluding hydrogens is 226 g/mol. The Morgan fingerprint density at radius 1 is 0.882 bits per heavy atom. The topological polar surface area (TPSA) is 12.9 Å². The zero-order chi connectivity index (χ0) is 13.0. The maximum Gasteiger partial charge on any atom is 0.0908 e. The number of fused-ring (bicyclic) bond motifs is 1. The lowest BCUT2D eigenvalue weighted by Crippen LogP contribution is -2.14. The number of nitrogens with zero attached hydrogens (tertiary/aromatic N) is 1. The molecule has 17 heavy (non-hydrogen) atoms. The van der Waals surface area contributed by atoms with Gasteiger partial charge in [-0.15, -0.1) is 11.3 Å². The highest BCUT2D eigenvalue weighted by atomic mass is 32.1. The molecule has 0 bridgehead atoms. The summed E-state index contributed by atoms with van der Waals surface area (Å²) in [6.45, 7) is 15.6. The maximum absolute atomic E-state index is 4.71. The molecule has 2 aromatic rings. The van der Waals surface area contributed by atoms with E-state index >= 15 is 0 Å². The molecular formula is C15H21NS. The van der Waals surface area contributed by atoms with E-state index in [1.807, 2.05) is 11.3 Å². The van der Waals surface area contributed by atoms with Gasteiger partial charge in [0, 0.05) is 0 Å². The zero-order valence-corrected chi connectivity index (χ0v) is 12.7. The van der Waals surface area contributed by atoms with E-state index in [4.69, 9.17) is 4.98 Å². The van der Waals surface area contributed by atoms with Gasteiger partial charge >= 0.3 is 0 Å². The molecule has 0 amide bonds. The summed E-state index contributed by atoms with van der Waals surface area (Å²) < 4.78 is 1.38. The number of aromatic nitrogens is 1. The monoisotopic (exact) mass is 247 g/mol. The molecule has 0 aliphatic heterocycles. The van der Waals surface area contributed by atoms with Crippen molar-refractivity contribution in [2.24, 2.45) is 0 Å². The predicted octanol–water partition coefficient (Wildman–Crippen LogP) is 4.83. The smallest absolute Gasteiger partial charge is 0.0908 e. The standard InChI is InChI=1S/C15H21NS/c1-8-9(2)12(15(5,6)7)14-13(10(8)3)16-11(4)17-14/h1-7H3. The van der Waals surface area contributed by atoms with Crippen LogP contribution in [-0.2, 0) is 5.41 Å². The third-order valence-electron chi connectivity index (χ3n) is 3.57. The highest BCUT2D eigenvalue weighted by molar-refractivity contribution is 7.18. The third-order valence-corrected chi connectivity index (χ3v) is 4.55. The number of aryl methyl sites for hydroxylation is 2. The quantitative estimate of drug-likeness (QED) is 0.650. The second-order valence-electron chi connectivity index (χ2n) is 5.91. The summed E-state index contributed by atoms with van der Waals surface area (Å²) in [7, 11) is 0. The lowest BCUT2D eigenvalue weighted by atomic mass is 9.81. The van der Waals surface area contributed by atoms with Crippen LogP contribution < -0.4 is 0 Å². The highest BCUT2D eigenvalue weighted by Gasteiger charge is 2.24. The molecule has 0 saturated carbocycles. The summed E-state index contributed by atoms with van der Waals surface area (Å²) in [5, 5.41) is 1.17. The summed E-state index contributed by atoms with van der Waals surface area (Å²) in [6, 6.07) is 0. The number of hydrogen-bond acceptors (Lipinski definition) is 2. The minimum atomic E-state index is 0.180. The van der Waals surface area contributed by atoms with E-state index in [1.165, 1.54) is 37.5 Å². The molecule has 0 unspecified atom stereocenters. The van der Waals surface area contributed by atoms with Gasteiger partial charge in [0.05, 0.1) is 15.2 Å². The van der Waals surface area contributed by atoms with E-state index < -0.39 is 0 Å². The lowest BCUT2D eigenvalue weighted by Gasteiger charge is -2.24. The lowest BCUT2D eigenvalue weighted by molar-refractivity contribution is 0.592. The fraction of sp³-hybridized carbons (Fsp3) is 0.533. The molecule has 0 saturated heterocycles. The minimum Gasteiger partial charge on any atom is -0.241 e. The van der Waals surface area contributed by atoms with E-state index in [0.29, 0.717) is 0 Å². The van der Waals surface area contributed by atoms with E-state index in [2.05, 4.69) is 48.5 Å². The highest BCUT2D eigenvalue weighted by Crippen LogP contribution is 2.39. The van der Waals surface area contributed by atoms with Crippen LogP contribution in [0.1, 0.15) is 48.0 Å². The van der Waals surface area contributed by atoms with E-state index in [9.17, 15) is 0 Å². The van der Waals surface area contributed by atoms with Crippen molar-refractivity contribution in [2.45, 2.75) is 53.9 Å². The van der Waals surface area contributed by atoms with Crippen LogP contribution in [0.4, 0.5) is 0 Å². The SMILES string of the molecule is Cc1nc2c(C)c(C)c(C)c(C(C)(C)C)c2s1. The van der Waals surface area contributed by atoms with Crippen molar-refractivity contribution < 1.29 is 0 Å². The Hall–Kier alpha value is -0.890. The molecule has 0 spiro atoms. The second kappa shape index (κ2) is 3.81. The van der Waals surface area contributed by atoms with Crippen molar-refractivity contribution in [3.8, 4) is 0 Å². The van der Waals surface area contributed by atoms with Crippen LogP contribution in [0.15, 0.2) is 0 Å². The number of benzene rings is 1. The van der Waals surface area contributed by atoms with E-state index in [0.717, 1.165) is 0 Å². The van der Waals surface area contributed by atoms with Gasteiger partial charge in [-0.2, -0.15) is 0 Å². The summed E-state index contributed by atoms with van der Waals surface area (Å²) in [5.74, 6) is 0. The third kappa shape index (κ3) is 1.89. The van der Waals surface area contributed by atoms with Crippen LogP contribution >= 0.6 is 11.3 Å². The van der Waals surface area contributed by atoms with Crippen LogP contribution in [0.2, 0.25) is 0 Å². The molecule has 1 aromatic heterocycles. The zero-order valence-electron chi connectivity index (χ0n) is 11.9. The average molecular weight is 247 g/mol. The van der Waals surface area contributed by atoms with Gasteiger partial charge in [0.25, 0.3) is 0 Å². The average Bonchev–Trinajstić information content (AvgIpc) is 2.54. The second-order valence-corrected chi connectivity index (χ2v) is 7.11. The van der Waals surface area contributed by atoms with Gasteiger partial charge in [-0.25, -0.2) is 4.98 Å². The largest absolute Gasteiger partial charge is 0.241 e. The van der Waals surface area contributed by atoms with Gasteiger partial charge in [-0.05, 0) is 55.4 Å². The van der Waals surface area contributed by atoms with Crippen LogP contribution in [0.3, 0.4) is 0 Å². The van der Waals surface area contributed by atoms with Crippen molar-refractivity contribution >= 4 is 21.6 Å². The van der Waals surface area contributed by atoms with Crippen LogP contribution in [0.5, 0.6) is 0 Å². The normalized spacial score (nSPS) is 12.4. The van der Waals surface area contributed by atoms with Gasteiger partial charge in [0.2, 0.25) is 0 Å². The van der Waals surface area contributed by atoms with Crippen LogP contribution in [-0.4, -0.2) is 4.98 Å². The summed E-state index contributed by atoms with van der Waals surface area (Å²) in [6.07, 6.45) is 0. The molecule has 2 heteroatoms. The molecule has 1 heterocycles. The van der Waals surface area contributed by atoms with Gasteiger partial charge in [0.1, 0.15) is 0 Å². The molecule has 0 N–H and O–H groups in total. The summed E-state index contributed by atoms with van der Waals surface area (Å²) >= 11 is 1.83. The molecule has 0 radical (unpaired) electrons. The van der Waals surface area contributed by atoms with Crippen molar-refractivity contribution in [1.82, 2.24) is 4.98 Å². The molecule has 2 rings (SSSR count). The molecule has 92 valence electrons. The molecule has 0 aliphatic rings. The Morgan fingerprint density at radius 3 is 2.00 bits per heavy atom. The minimum absolute atomic E-state index is 0.180. The van der Waals surface area contributed by atoms with Crippen LogP contribution in [0, 0.1) is 27.7 Å². The number of thiazole rings is 1. The van der Waals surface area contributed by atoms with Crippen molar-refractivity contribution in [2.75, 3.05) is 0 Å². The fourth-order valence-electron chi connectivity index (χ4n) is 2.57. The predicted molar refractivity (Wildman–Crippen MR) is 77.3 cm³/mol. The van der Waals surface area contributed by atoms with Gasteiger partial charge in [-0.3, -0.25) is 0 Å². The maximum atomic E-state index is 4.71. The van der Waals surface area contributed by atoms with Gasteiger partial charge in [-0.1, -0.05) is 20.8 Å². The van der Waals surface area contributed by atoms with Gasteiger partial charge in [0.15, 0.2) is 0 Å². The first kappa shape index (κ1) is 12.6. The molecule has 0 fully saturated rings. The van der Waals surface area contributed by atoms with E-state index in [1.54, 1.807) is 0 Å². The Bertz CT molecular complexity index is 585. The molecule has 1 nitrogen and oxygen atoms in total. The fourth-order valence-corrected chi connectivity index (χ4v) is 3.86. The van der Waals surface area contributed by atoms with E-state index in [-0.39, 0.29) is 5.41 Å². The molecule has 0 atom stereocenters. The van der Waals surface area contributed by atoms with Crippen molar-refractivity contribution in [1.29, 1.82) is 0 Å². The molecule has 1 aromatic carbocycles. The Morgan fingerprint density at radius 2 is 1.47 bits per heavy atom. The Balaban J connectivity index is 3.00. The number of hydrogen-bond donors (Lipinski definition) is 0. The van der Waals surface area contributed by atoms with Crippen molar-refractivity contribution in [3.63, 3.8) is 0 Å². The summed E-state index contributed by atoms with van der Waals surface area (Å²) in [5.41, 5.74) is 7.04. The number of rotatable bonds is 0. The van der Waals surface area contributed by atoms with Crippen molar-refractivity contribution in [3.05, 3.63) is 27.3 Å². The van der Waals surface area contributed by atoms with Crippen LogP contribution in [0.25, 0.3) is 10.2 Å². The summed E-state index contributed by atoms with van der Waals surface area (Å²) in [4.78, 5) is 4.71. The van der Waals surface area contributed by atoms with Gasteiger partial charge < -0.3 is 0 Å². The Labute approximate surface area is 108 Å². The molecule has 0 aliphatic carbocycles. The Kier molecular flexibility index (Phi) is 2.81. The first-order chi connectivity index (χ1) is 7.73. The first-order valence-corrected chi connectivity index (χ1v) is 6.92. The first-order valence-electron chi connectivity index (χ1n) is 6.11.